The van der Waals surface area contributed by atoms with Gasteiger partial charge in [0.05, 0.1) is 5.56 Å². The first-order valence-electron chi connectivity index (χ1n) is 5.82. The summed E-state index contributed by atoms with van der Waals surface area (Å²) in [5.41, 5.74) is 0.482. The number of sulfonamides is 1. The van der Waals surface area contributed by atoms with Gasteiger partial charge in [0.15, 0.2) is 5.82 Å². The van der Waals surface area contributed by atoms with E-state index in [4.69, 9.17) is 5.14 Å². The van der Waals surface area contributed by atoms with Crippen LogP contribution in [0.1, 0.15) is 15.9 Å². The van der Waals surface area contributed by atoms with E-state index in [1.54, 1.807) is 6.92 Å². The lowest BCUT2D eigenvalue weighted by Gasteiger charge is -2.06. The summed E-state index contributed by atoms with van der Waals surface area (Å²) in [7, 11) is -2.58. The van der Waals surface area contributed by atoms with Gasteiger partial charge in [0.1, 0.15) is 10.7 Å². The van der Waals surface area contributed by atoms with E-state index in [9.17, 15) is 17.6 Å². The second kappa shape index (κ2) is 5.26. The Bertz CT molecular complexity index is 814. The molecule has 0 radical (unpaired) electrons. The van der Waals surface area contributed by atoms with Crippen LogP contribution in [0.5, 0.6) is 0 Å². The number of carbonyl (C=O) groups excluding carboxylic acids is 1. The highest BCUT2D eigenvalue weighted by molar-refractivity contribution is 7.89. The summed E-state index contributed by atoms with van der Waals surface area (Å²) in [6.45, 7) is 1.70. The van der Waals surface area contributed by atoms with Crippen LogP contribution < -0.4 is 10.5 Å². The monoisotopic (exact) mass is 312 g/mol. The van der Waals surface area contributed by atoms with Gasteiger partial charge < -0.3 is 5.32 Å². The Labute approximate surface area is 120 Å². The average Bonchev–Trinajstić information content (AvgIpc) is 2.73. The van der Waals surface area contributed by atoms with Gasteiger partial charge in [-0.1, -0.05) is 11.6 Å². The van der Waals surface area contributed by atoms with Crippen LogP contribution >= 0.6 is 0 Å². The SMILES string of the molecule is Cc1ccc(F)c(C(=O)Nc2nn(C)cc2S(N)(=O)=O)c1. The highest BCUT2D eigenvalue weighted by Crippen LogP contribution is 2.19. The van der Waals surface area contributed by atoms with Gasteiger partial charge in [-0.05, 0) is 19.1 Å². The fourth-order valence-corrected chi connectivity index (χ4v) is 2.41. The Morgan fingerprint density at radius 1 is 1.43 bits per heavy atom. The molecule has 0 spiro atoms. The van der Waals surface area contributed by atoms with Crippen molar-refractivity contribution in [3.8, 4) is 0 Å². The Kier molecular flexibility index (Phi) is 3.79. The molecule has 0 aliphatic carbocycles. The Hall–Kier alpha value is -2.26. The summed E-state index contributed by atoms with van der Waals surface area (Å²) in [6.07, 6.45) is 1.15. The Morgan fingerprint density at radius 2 is 2.10 bits per heavy atom. The highest BCUT2D eigenvalue weighted by Gasteiger charge is 2.21. The van der Waals surface area contributed by atoms with E-state index in [1.807, 2.05) is 0 Å². The van der Waals surface area contributed by atoms with Crippen LogP contribution in [0.15, 0.2) is 29.3 Å². The molecule has 0 aliphatic heterocycles. The Balaban J connectivity index is 2.39. The quantitative estimate of drug-likeness (QED) is 0.872. The number of hydrogen-bond acceptors (Lipinski definition) is 4. The molecule has 1 heterocycles. The first-order valence-corrected chi connectivity index (χ1v) is 7.37. The summed E-state index contributed by atoms with van der Waals surface area (Å²) in [5, 5.41) is 11.1. The first-order chi connectivity index (χ1) is 9.68. The molecule has 0 atom stereocenters. The molecule has 0 bridgehead atoms. The summed E-state index contributed by atoms with van der Waals surface area (Å²) >= 11 is 0. The van der Waals surface area contributed by atoms with Crippen molar-refractivity contribution in [3.63, 3.8) is 0 Å². The highest BCUT2D eigenvalue weighted by atomic mass is 32.2. The number of aromatic nitrogens is 2. The topological polar surface area (TPSA) is 107 Å². The van der Waals surface area contributed by atoms with Gasteiger partial charge in [-0.15, -0.1) is 0 Å². The molecule has 0 saturated heterocycles. The van der Waals surface area contributed by atoms with Gasteiger partial charge >= 0.3 is 0 Å². The zero-order chi connectivity index (χ0) is 15.8. The van der Waals surface area contributed by atoms with E-state index < -0.39 is 21.7 Å². The molecule has 3 N–H and O–H groups in total. The molecule has 2 rings (SSSR count). The molecule has 9 heteroatoms. The molecule has 7 nitrogen and oxygen atoms in total. The zero-order valence-electron chi connectivity index (χ0n) is 11.3. The maximum absolute atomic E-state index is 13.6. The largest absolute Gasteiger partial charge is 0.304 e. The van der Waals surface area contributed by atoms with E-state index in [1.165, 1.54) is 23.9 Å². The second-order valence-corrected chi connectivity index (χ2v) is 6.03. The molecule has 1 aromatic carbocycles. The second-order valence-electron chi connectivity index (χ2n) is 4.50. The molecule has 21 heavy (non-hydrogen) atoms. The van der Waals surface area contributed by atoms with Gasteiger partial charge in [0, 0.05) is 13.2 Å². The third-order valence-corrected chi connectivity index (χ3v) is 3.61. The van der Waals surface area contributed by atoms with Crippen LogP contribution in [0, 0.1) is 12.7 Å². The number of amides is 1. The van der Waals surface area contributed by atoms with E-state index in [0.717, 1.165) is 12.3 Å². The van der Waals surface area contributed by atoms with Gasteiger partial charge in [-0.25, -0.2) is 17.9 Å². The third kappa shape index (κ3) is 3.26. The molecular formula is C12H13FN4O3S. The van der Waals surface area contributed by atoms with Crippen LogP contribution in [-0.2, 0) is 17.1 Å². The summed E-state index contributed by atoms with van der Waals surface area (Å²) in [6, 6.07) is 4.02. The van der Waals surface area contributed by atoms with E-state index in [-0.39, 0.29) is 16.3 Å². The number of nitrogens with zero attached hydrogens (tertiary/aromatic N) is 2. The van der Waals surface area contributed by atoms with Crippen LogP contribution in [0.25, 0.3) is 0 Å². The molecule has 2 aromatic rings. The van der Waals surface area contributed by atoms with E-state index in [2.05, 4.69) is 10.4 Å². The average molecular weight is 312 g/mol. The normalized spacial score (nSPS) is 11.4. The zero-order valence-corrected chi connectivity index (χ0v) is 12.1. The van der Waals surface area contributed by atoms with Gasteiger partial charge in [0.25, 0.3) is 5.91 Å². The number of hydrogen-bond donors (Lipinski definition) is 2. The van der Waals surface area contributed by atoms with Crippen molar-refractivity contribution in [1.82, 2.24) is 9.78 Å². The van der Waals surface area contributed by atoms with Gasteiger partial charge in [-0.2, -0.15) is 5.10 Å². The van der Waals surface area contributed by atoms with Crippen molar-refractivity contribution in [2.75, 3.05) is 5.32 Å². The maximum Gasteiger partial charge on any atom is 0.259 e. The molecule has 0 saturated carbocycles. The fraction of sp³-hybridized carbons (Fsp3) is 0.167. The van der Waals surface area contributed by atoms with Crippen LogP contribution in [0.3, 0.4) is 0 Å². The summed E-state index contributed by atoms with van der Waals surface area (Å²) in [4.78, 5) is 11.7. The number of nitrogens with two attached hydrogens (primary N) is 1. The van der Waals surface area contributed by atoms with Crippen LogP contribution in [-0.4, -0.2) is 24.1 Å². The van der Waals surface area contributed by atoms with Gasteiger partial charge in [0.2, 0.25) is 10.0 Å². The van der Waals surface area contributed by atoms with Crippen molar-refractivity contribution >= 4 is 21.7 Å². The lowest BCUT2D eigenvalue weighted by atomic mass is 10.1. The maximum atomic E-state index is 13.6. The number of rotatable bonds is 3. The van der Waals surface area contributed by atoms with Crippen LogP contribution in [0.2, 0.25) is 0 Å². The fourth-order valence-electron chi connectivity index (χ4n) is 1.75. The van der Waals surface area contributed by atoms with Crippen molar-refractivity contribution < 1.29 is 17.6 Å². The number of carbonyl (C=O) groups is 1. The third-order valence-electron chi connectivity index (χ3n) is 2.70. The first kappa shape index (κ1) is 15.1. The lowest BCUT2D eigenvalue weighted by molar-refractivity contribution is 0.102. The molecule has 0 fully saturated rings. The number of halogens is 1. The minimum absolute atomic E-state index is 0.207. The number of primary sulfonamides is 1. The Morgan fingerprint density at radius 3 is 2.71 bits per heavy atom. The predicted molar refractivity (Wildman–Crippen MR) is 73.7 cm³/mol. The van der Waals surface area contributed by atoms with Crippen LogP contribution in [0.4, 0.5) is 10.2 Å². The predicted octanol–water partition coefficient (Wildman–Crippen LogP) is 0.767. The van der Waals surface area contributed by atoms with E-state index >= 15 is 0 Å². The van der Waals surface area contributed by atoms with Crippen molar-refractivity contribution in [3.05, 3.63) is 41.3 Å². The number of nitrogens with one attached hydrogen (secondary N) is 1. The molecular weight excluding hydrogens is 299 g/mol. The van der Waals surface area contributed by atoms with Crippen molar-refractivity contribution in [2.24, 2.45) is 12.2 Å². The standard InChI is InChI=1S/C12H13FN4O3S/c1-7-3-4-9(13)8(5-7)12(18)15-11-10(21(14,19)20)6-17(2)16-11/h3-6H,1-2H3,(H2,14,19,20)(H,15,16,18). The molecule has 1 amide bonds. The summed E-state index contributed by atoms with van der Waals surface area (Å²) in [5.74, 6) is -1.77. The van der Waals surface area contributed by atoms with Crippen molar-refractivity contribution in [2.45, 2.75) is 11.8 Å². The minimum Gasteiger partial charge on any atom is -0.304 e. The van der Waals surface area contributed by atoms with Gasteiger partial charge in [-0.3, -0.25) is 9.48 Å². The number of benzene rings is 1. The molecule has 0 unspecified atom stereocenters. The number of aryl methyl sites for hydroxylation is 2. The summed E-state index contributed by atoms with van der Waals surface area (Å²) < 4.78 is 37.6. The molecule has 1 aromatic heterocycles. The molecule has 0 aliphatic rings. The molecule has 112 valence electrons. The van der Waals surface area contributed by atoms with E-state index in [0.29, 0.717) is 5.56 Å². The number of anilines is 1. The minimum atomic E-state index is -4.05. The van der Waals surface area contributed by atoms with Crippen molar-refractivity contribution in [1.29, 1.82) is 0 Å². The smallest absolute Gasteiger partial charge is 0.259 e. The lowest BCUT2D eigenvalue weighted by Crippen LogP contribution is -2.18.